The first-order valence-electron chi connectivity index (χ1n) is 9.30. The molecule has 0 spiro atoms. The molecule has 1 fully saturated rings. The number of halogens is 1. The summed E-state index contributed by atoms with van der Waals surface area (Å²) in [4.78, 5) is 25.5. The smallest absolute Gasteiger partial charge is 0.303 e. The van der Waals surface area contributed by atoms with E-state index in [2.05, 4.69) is 17.1 Å². The Morgan fingerprint density at radius 1 is 1.50 bits per heavy atom. The quantitative estimate of drug-likeness (QED) is 0.530. The highest BCUT2D eigenvalue weighted by Crippen LogP contribution is 2.28. The zero-order chi connectivity index (χ0) is 20.7. The molecule has 2 rings (SSSR count). The molecule has 28 heavy (non-hydrogen) atoms. The largest absolute Gasteiger partial charge is 0.496 e. The number of nitrogen functional groups attached to an aromatic ring is 1. The minimum absolute atomic E-state index is 0.144. The van der Waals surface area contributed by atoms with Gasteiger partial charge in [-0.25, -0.2) is 0 Å². The van der Waals surface area contributed by atoms with Gasteiger partial charge in [-0.1, -0.05) is 11.6 Å². The lowest BCUT2D eigenvalue weighted by molar-refractivity contribution is -0.137. The van der Waals surface area contributed by atoms with Crippen molar-refractivity contribution < 1.29 is 24.2 Å². The molecule has 2 atom stereocenters. The van der Waals surface area contributed by atoms with E-state index in [1.54, 1.807) is 0 Å². The number of nitrogens with one attached hydrogen (secondary N) is 1. The van der Waals surface area contributed by atoms with E-state index in [1.807, 2.05) is 0 Å². The predicted octanol–water partition coefficient (Wildman–Crippen LogP) is 2.00. The van der Waals surface area contributed by atoms with Crippen molar-refractivity contribution in [1.29, 1.82) is 0 Å². The lowest BCUT2D eigenvalue weighted by atomic mass is 10.1. The fourth-order valence-corrected chi connectivity index (χ4v) is 3.38. The number of nitrogens with zero attached hydrogens (tertiary/aromatic N) is 1. The van der Waals surface area contributed by atoms with Crippen LogP contribution in [-0.2, 0) is 9.53 Å². The Balaban J connectivity index is 1.87. The van der Waals surface area contributed by atoms with Gasteiger partial charge in [0.25, 0.3) is 5.91 Å². The summed E-state index contributed by atoms with van der Waals surface area (Å²) in [6, 6.07) is 3.27. The van der Waals surface area contributed by atoms with E-state index in [0.29, 0.717) is 48.1 Å². The van der Waals surface area contributed by atoms with Crippen molar-refractivity contribution in [2.45, 2.75) is 38.3 Å². The summed E-state index contributed by atoms with van der Waals surface area (Å²) in [5, 5.41) is 11.9. The maximum Gasteiger partial charge on any atom is 0.303 e. The topological polar surface area (TPSA) is 114 Å². The van der Waals surface area contributed by atoms with Gasteiger partial charge in [0, 0.05) is 38.2 Å². The molecular weight excluding hydrogens is 386 g/mol. The van der Waals surface area contributed by atoms with Crippen LogP contribution in [0.5, 0.6) is 5.75 Å². The number of ether oxygens (including phenoxy) is 2. The maximum atomic E-state index is 12.5. The Morgan fingerprint density at radius 3 is 2.93 bits per heavy atom. The van der Waals surface area contributed by atoms with Crippen LogP contribution in [0.2, 0.25) is 5.02 Å². The van der Waals surface area contributed by atoms with Crippen molar-refractivity contribution in [3.63, 3.8) is 0 Å². The van der Waals surface area contributed by atoms with Crippen LogP contribution in [-0.4, -0.2) is 67.4 Å². The summed E-state index contributed by atoms with van der Waals surface area (Å²) >= 11 is 6.02. The van der Waals surface area contributed by atoms with Gasteiger partial charge in [0.2, 0.25) is 0 Å². The molecule has 1 aliphatic rings. The summed E-state index contributed by atoms with van der Waals surface area (Å²) < 4.78 is 11.0. The van der Waals surface area contributed by atoms with E-state index in [1.165, 1.54) is 19.2 Å². The standard InChI is InChI=1S/C19H28ClN3O5/c1-12(4-3-5-18(24)25)23-6-7-28-13(11-23)10-22-19(26)14-8-15(20)16(21)9-17(14)27-2/h8-9,12-13H,3-7,10-11,21H2,1-2H3,(H,22,26)(H,24,25)/t12-,13?/m0/s1. The van der Waals surface area contributed by atoms with Gasteiger partial charge in [-0.2, -0.15) is 0 Å². The fourth-order valence-electron chi connectivity index (χ4n) is 3.21. The molecule has 156 valence electrons. The van der Waals surface area contributed by atoms with Gasteiger partial charge in [-0.05, 0) is 25.8 Å². The minimum Gasteiger partial charge on any atom is -0.496 e. The molecule has 0 radical (unpaired) electrons. The third-order valence-corrected chi connectivity index (χ3v) is 5.19. The average molecular weight is 414 g/mol. The molecule has 1 amide bonds. The molecule has 9 heteroatoms. The van der Waals surface area contributed by atoms with Crippen molar-refractivity contribution in [2.75, 3.05) is 39.1 Å². The first-order chi connectivity index (χ1) is 13.3. The Morgan fingerprint density at radius 2 is 2.25 bits per heavy atom. The molecule has 8 nitrogen and oxygen atoms in total. The summed E-state index contributed by atoms with van der Waals surface area (Å²) in [7, 11) is 1.47. The lowest BCUT2D eigenvalue weighted by Gasteiger charge is -2.37. The number of carbonyl (C=O) groups excluding carboxylic acids is 1. The van der Waals surface area contributed by atoms with Crippen LogP contribution in [0.3, 0.4) is 0 Å². The molecule has 1 saturated heterocycles. The molecule has 0 bridgehead atoms. The number of rotatable bonds is 9. The molecule has 0 aromatic heterocycles. The predicted molar refractivity (Wildman–Crippen MR) is 107 cm³/mol. The molecule has 0 saturated carbocycles. The van der Waals surface area contributed by atoms with Crippen molar-refractivity contribution >= 4 is 29.2 Å². The number of methoxy groups -OCH3 is 1. The number of morpholine rings is 1. The van der Waals surface area contributed by atoms with Gasteiger partial charge in [0.15, 0.2) is 0 Å². The zero-order valence-corrected chi connectivity index (χ0v) is 17.0. The first kappa shape index (κ1) is 22.3. The molecule has 1 aliphatic heterocycles. The van der Waals surface area contributed by atoms with E-state index >= 15 is 0 Å². The van der Waals surface area contributed by atoms with Crippen molar-refractivity contribution in [2.24, 2.45) is 0 Å². The molecule has 4 N–H and O–H groups in total. The Labute approximate surface area is 169 Å². The van der Waals surface area contributed by atoms with Crippen LogP contribution < -0.4 is 15.8 Å². The zero-order valence-electron chi connectivity index (χ0n) is 16.2. The highest BCUT2D eigenvalue weighted by molar-refractivity contribution is 6.33. The second-order valence-corrected chi connectivity index (χ2v) is 7.31. The van der Waals surface area contributed by atoms with Crippen LogP contribution in [0.4, 0.5) is 5.69 Å². The first-order valence-corrected chi connectivity index (χ1v) is 9.68. The maximum absolute atomic E-state index is 12.5. The number of anilines is 1. The molecule has 1 heterocycles. The molecule has 0 aliphatic carbocycles. The van der Waals surface area contributed by atoms with Crippen molar-refractivity contribution in [1.82, 2.24) is 10.2 Å². The molecule has 1 unspecified atom stereocenters. The Bertz CT molecular complexity index is 700. The van der Waals surface area contributed by atoms with E-state index in [-0.39, 0.29) is 24.5 Å². The van der Waals surface area contributed by atoms with E-state index < -0.39 is 5.97 Å². The van der Waals surface area contributed by atoms with Crippen LogP contribution in [0.25, 0.3) is 0 Å². The minimum atomic E-state index is -0.770. The number of benzene rings is 1. The fraction of sp³-hybridized carbons (Fsp3) is 0.579. The third kappa shape index (κ3) is 6.25. The second kappa shape index (κ2) is 10.5. The Kier molecular flexibility index (Phi) is 8.35. The van der Waals surface area contributed by atoms with Gasteiger partial charge in [-0.3, -0.25) is 14.5 Å². The highest BCUT2D eigenvalue weighted by atomic mass is 35.5. The second-order valence-electron chi connectivity index (χ2n) is 6.91. The molecule has 1 aromatic carbocycles. The van der Waals surface area contributed by atoms with Gasteiger partial charge < -0.3 is 25.6 Å². The normalized spacial score (nSPS) is 18.5. The number of amides is 1. The third-order valence-electron chi connectivity index (χ3n) is 4.86. The summed E-state index contributed by atoms with van der Waals surface area (Å²) in [5.41, 5.74) is 6.41. The summed E-state index contributed by atoms with van der Waals surface area (Å²) in [5.74, 6) is -0.723. The van der Waals surface area contributed by atoms with E-state index in [4.69, 9.17) is 31.9 Å². The summed E-state index contributed by atoms with van der Waals surface area (Å²) in [6.45, 7) is 4.47. The van der Waals surface area contributed by atoms with Gasteiger partial charge in [0.05, 0.1) is 36.1 Å². The number of carbonyl (C=O) groups is 2. The number of carboxylic acids is 1. The monoisotopic (exact) mass is 413 g/mol. The lowest BCUT2D eigenvalue weighted by Crippen LogP contribution is -2.50. The number of hydrogen-bond donors (Lipinski definition) is 3. The van der Waals surface area contributed by atoms with Gasteiger partial charge in [0.1, 0.15) is 5.75 Å². The van der Waals surface area contributed by atoms with Gasteiger partial charge in [-0.15, -0.1) is 0 Å². The van der Waals surface area contributed by atoms with E-state index in [9.17, 15) is 9.59 Å². The van der Waals surface area contributed by atoms with Crippen molar-refractivity contribution in [3.05, 3.63) is 22.7 Å². The van der Waals surface area contributed by atoms with E-state index in [0.717, 1.165) is 13.0 Å². The van der Waals surface area contributed by atoms with Crippen LogP contribution in [0.1, 0.15) is 36.5 Å². The summed E-state index contributed by atoms with van der Waals surface area (Å²) in [6.07, 6.45) is 1.49. The number of carboxylic acid groups (broad SMARTS) is 1. The molecular formula is C19H28ClN3O5. The number of nitrogens with two attached hydrogens (primary N) is 1. The highest BCUT2D eigenvalue weighted by Gasteiger charge is 2.25. The number of hydrogen-bond acceptors (Lipinski definition) is 6. The van der Waals surface area contributed by atoms with Crippen LogP contribution >= 0.6 is 11.6 Å². The van der Waals surface area contributed by atoms with Crippen molar-refractivity contribution in [3.8, 4) is 5.75 Å². The SMILES string of the molecule is COc1cc(N)c(Cl)cc1C(=O)NCC1CN([C@@H](C)CCCC(=O)O)CCO1. The van der Waals surface area contributed by atoms with Gasteiger partial charge >= 0.3 is 5.97 Å². The Hall–Kier alpha value is -2.03. The van der Waals surface area contributed by atoms with Crippen LogP contribution in [0.15, 0.2) is 12.1 Å². The number of aliphatic carboxylic acids is 1. The average Bonchev–Trinajstić information content (AvgIpc) is 2.67. The molecule has 1 aromatic rings. The van der Waals surface area contributed by atoms with Crippen LogP contribution in [0, 0.1) is 0 Å².